The number of amides is 7. The summed E-state index contributed by atoms with van der Waals surface area (Å²) < 4.78 is 23.3. The van der Waals surface area contributed by atoms with Gasteiger partial charge in [0.15, 0.2) is 17.3 Å². The lowest BCUT2D eigenvalue weighted by Gasteiger charge is -2.41. The zero-order valence-corrected chi connectivity index (χ0v) is 71.3. The summed E-state index contributed by atoms with van der Waals surface area (Å²) in [6, 6.07) is 18.7. The van der Waals surface area contributed by atoms with Gasteiger partial charge in [0.1, 0.15) is 18.1 Å². The van der Waals surface area contributed by atoms with E-state index in [1.807, 2.05) is 133 Å². The highest BCUT2D eigenvalue weighted by atomic mass is 33.1. The molecule has 3 aliphatic heterocycles. The van der Waals surface area contributed by atoms with Gasteiger partial charge in [-0.15, -0.1) is 5.06 Å². The molecule has 0 aromatic heterocycles. The van der Waals surface area contributed by atoms with E-state index in [-0.39, 0.29) is 154 Å². The number of likely N-dealkylation sites (N-methyl/N-ethyl adjacent to an activating group) is 2. The second-order valence-corrected chi connectivity index (χ2v) is 35.4. The van der Waals surface area contributed by atoms with E-state index >= 15 is 0 Å². The maximum Gasteiger partial charge on any atom is 0.410 e. The third-order valence-electron chi connectivity index (χ3n) is 21.8. The number of ether oxygens (including phenoxy) is 4. The first-order valence-corrected chi connectivity index (χ1v) is 42.2. The number of rotatable bonds is 46. The number of ketones is 4. The first-order chi connectivity index (χ1) is 53.4. The Morgan fingerprint density at radius 1 is 0.743 bits per heavy atom. The van der Waals surface area contributed by atoms with Crippen LogP contribution in [0.4, 0.5) is 16.2 Å². The van der Waals surface area contributed by atoms with Crippen molar-refractivity contribution in [3.8, 4) is 5.75 Å². The number of nitrogens with zero attached hydrogens (tertiary/aromatic N) is 6. The lowest BCUT2D eigenvalue weighted by Crippen LogP contribution is -2.54. The van der Waals surface area contributed by atoms with Crippen molar-refractivity contribution in [1.82, 2.24) is 25.1 Å². The topological polar surface area (TPSA) is 324 Å². The van der Waals surface area contributed by atoms with Crippen LogP contribution in [0.3, 0.4) is 0 Å². The number of methoxy groups -OCH3 is 2. The van der Waals surface area contributed by atoms with Crippen LogP contribution in [-0.4, -0.2) is 210 Å². The van der Waals surface area contributed by atoms with E-state index in [9.17, 15) is 62.6 Å². The molecule has 7 amide bonds. The molecule has 624 valence electrons. The van der Waals surface area contributed by atoms with Gasteiger partial charge >= 0.3 is 12.1 Å². The highest BCUT2D eigenvalue weighted by Gasteiger charge is 2.45. The summed E-state index contributed by atoms with van der Waals surface area (Å²) in [5, 5.41) is 17.3. The predicted octanol–water partition coefficient (Wildman–Crippen LogP) is 12.0. The minimum absolute atomic E-state index is 0.00291. The normalized spacial score (nSPS) is 17.8. The summed E-state index contributed by atoms with van der Waals surface area (Å²) in [7, 11) is 11.2. The number of imide groups is 1. The number of aliphatic imine (C=N–C) groups is 1. The van der Waals surface area contributed by atoms with E-state index in [0.29, 0.717) is 73.0 Å². The number of fused-ring (bicyclic) bond motifs is 1. The van der Waals surface area contributed by atoms with Crippen LogP contribution in [0.5, 0.6) is 5.75 Å². The van der Waals surface area contributed by atoms with Crippen molar-refractivity contribution in [2.24, 2.45) is 52.3 Å². The highest BCUT2D eigenvalue weighted by molar-refractivity contribution is 8.77. The molecule has 3 aromatic rings. The van der Waals surface area contributed by atoms with Crippen LogP contribution in [0.2, 0.25) is 0 Å². The molecule has 2 saturated heterocycles. The fraction of sp³-hybridized carbons (Fsp3) is 0.635. The smallest absolute Gasteiger partial charge is 0.410 e. The zero-order valence-electron chi connectivity index (χ0n) is 69.6. The van der Waals surface area contributed by atoms with E-state index in [0.717, 1.165) is 22.5 Å². The summed E-state index contributed by atoms with van der Waals surface area (Å²) in [6.45, 7) is 25.5. The second kappa shape index (κ2) is 44.7. The van der Waals surface area contributed by atoms with Crippen molar-refractivity contribution >= 4 is 109 Å². The van der Waals surface area contributed by atoms with Gasteiger partial charge in [0.05, 0.1) is 68.5 Å². The van der Waals surface area contributed by atoms with E-state index in [2.05, 4.69) is 15.5 Å². The fourth-order valence-electron chi connectivity index (χ4n) is 15.0. The van der Waals surface area contributed by atoms with Crippen molar-refractivity contribution in [2.75, 3.05) is 77.6 Å². The largest absolute Gasteiger partial charge is 0.494 e. The number of nitrogens with one attached hydrogen (secondary N) is 2. The highest BCUT2D eigenvalue weighted by Crippen LogP contribution is 2.40. The number of carbonyl (C=O) groups is 12. The van der Waals surface area contributed by atoms with Gasteiger partial charge in [-0.25, -0.2) is 9.59 Å². The summed E-state index contributed by atoms with van der Waals surface area (Å²) in [5.41, 5.74) is 4.35. The number of hydrogen-bond donors (Lipinski definition) is 3. The van der Waals surface area contributed by atoms with E-state index in [1.54, 1.807) is 61.2 Å². The Kier molecular flexibility index (Phi) is 37.1. The minimum Gasteiger partial charge on any atom is -0.494 e. The average molecular weight is 1610 g/mol. The van der Waals surface area contributed by atoms with Crippen molar-refractivity contribution in [3.05, 3.63) is 89.5 Å². The SMILES string of the molecule is CC[C@H](C)[C@@H]([C@@H](CC(=O)N1CCC[C@H]1[C@H](OC)[C@@H](C)C(=O)C[C@H](C)[C@@H](O)c1ccccc1)OC)N(C)C(=O)[C@@H](CC(=O)[C@H](C(C)C)N(C)C(=O)OCc1ccc(NC(=O)[C@H](C)CC(=O)[C@@H](NC(=O)CCSSC(C)(C)CC(=O)CN=C2CCN(C)c3cc(OCCCC(=O)ON4C(=O)CCC4=O)ccc32)C(C)C)cc1)C(C)C. The van der Waals surface area contributed by atoms with Gasteiger partial charge in [0.25, 0.3) is 11.8 Å². The first-order valence-electron chi connectivity index (χ1n) is 39.8. The Bertz CT molecular complexity index is 3760. The lowest BCUT2D eigenvalue weighted by atomic mass is 9.83. The molecule has 28 heteroatoms. The summed E-state index contributed by atoms with van der Waals surface area (Å²) >= 11 is 0. The number of anilines is 2. The van der Waals surface area contributed by atoms with Gasteiger partial charge in [0, 0.05) is 157 Å². The third kappa shape index (κ3) is 27.3. The molecule has 0 bridgehead atoms. The molecule has 0 unspecified atom stereocenters. The third-order valence-corrected chi connectivity index (χ3v) is 25.1. The summed E-state index contributed by atoms with van der Waals surface area (Å²) in [6.07, 6.45) is 0.173. The van der Waals surface area contributed by atoms with Gasteiger partial charge in [0.2, 0.25) is 23.6 Å². The Labute approximate surface area is 676 Å². The van der Waals surface area contributed by atoms with Gasteiger partial charge in [-0.1, -0.05) is 147 Å². The van der Waals surface area contributed by atoms with E-state index in [1.165, 1.54) is 40.6 Å². The van der Waals surface area contributed by atoms with Crippen LogP contribution < -0.4 is 20.3 Å². The lowest BCUT2D eigenvalue weighted by molar-refractivity contribution is -0.197. The molecule has 2 fully saturated rings. The fourth-order valence-corrected chi connectivity index (χ4v) is 17.5. The molecule has 26 nitrogen and oxygen atoms in total. The number of aliphatic hydroxyl groups is 1. The van der Waals surface area contributed by atoms with E-state index < -0.39 is 88.7 Å². The molecule has 0 aliphatic carbocycles. The Morgan fingerprint density at radius 2 is 1.42 bits per heavy atom. The van der Waals surface area contributed by atoms with Crippen molar-refractivity contribution in [3.63, 3.8) is 0 Å². The number of carbonyl (C=O) groups excluding carboxylic acids is 12. The minimum atomic E-state index is -0.952. The Hall–Kier alpha value is -8.05. The number of likely N-dealkylation sites (tertiary alicyclic amines) is 1. The molecule has 3 heterocycles. The molecule has 0 saturated carbocycles. The van der Waals surface area contributed by atoms with Gasteiger partial charge < -0.3 is 59.1 Å². The maximum atomic E-state index is 14.9. The van der Waals surface area contributed by atoms with Crippen molar-refractivity contribution in [1.29, 1.82) is 0 Å². The molecule has 3 aliphatic rings. The average Bonchev–Trinajstić information content (AvgIpc) is 1.48. The van der Waals surface area contributed by atoms with Gasteiger partial charge in [-0.05, 0) is 98.1 Å². The number of hydrogen-bond acceptors (Lipinski definition) is 22. The maximum absolute atomic E-state index is 14.9. The molecular formula is C85H124N8O18S2. The number of Topliss-reactive ketones (excluding diaryl/α,β-unsaturated/α-hetero) is 4. The molecule has 6 rings (SSSR count). The Balaban J connectivity index is 0.923. The van der Waals surface area contributed by atoms with Crippen LogP contribution >= 0.6 is 21.6 Å². The zero-order chi connectivity index (χ0) is 83.7. The van der Waals surface area contributed by atoms with Gasteiger partial charge in [-0.2, -0.15) is 0 Å². The van der Waals surface area contributed by atoms with Crippen LogP contribution in [-0.2, 0) is 78.4 Å². The number of hydroxylamine groups is 2. The van der Waals surface area contributed by atoms with Gasteiger partial charge in [-0.3, -0.25) is 52.9 Å². The quantitative estimate of drug-likeness (QED) is 0.0269. The standard InChI is InChI=1S/C85H124N8O18S2/c1-19-54(8)79(71(107-17)47-75(101)92-39-23-27-66(92)81(108-18)57(11)68(95)43-55(9)80(103)59-25-21-20-22-26-59)90(15)83(105)64(51(2)3)46-70(97)78(53(6)7)91(16)84(106)110-50-58-29-31-60(32-30-58)87-82(104)56(10)44-69(96)77(52(4)5)88-72(98)38-42-112-113-85(12,13)48-61(94)49-86-65-37-40-89(14)67-45-62(33-34-63(65)67)109-41-24-28-76(102)111-93-73(99)35-36-74(93)100/h20-22,25-26,29-34,45,51-57,64,66,71,77-81,103H,19,23-24,27-28,35-44,46-50H2,1-18H3,(H,87,104)(H,88,98)/t54-,55-,56+,57-,64-,66-,71+,77-,78-,79-,80+,81+/m0/s1. The molecule has 0 spiro atoms. The molecule has 3 aromatic carbocycles. The van der Waals surface area contributed by atoms with Crippen LogP contribution in [0.25, 0.3) is 0 Å². The first kappa shape index (κ1) is 93.8. The summed E-state index contributed by atoms with van der Waals surface area (Å²) in [4.78, 5) is 178. The van der Waals surface area contributed by atoms with Crippen molar-refractivity contribution in [2.45, 2.75) is 234 Å². The molecular weight excluding hydrogens is 1490 g/mol. The van der Waals surface area contributed by atoms with Crippen LogP contribution in [0.1, 0.15) is 203 Å². The predicted molar refractivity (Wildman–Crippen MR) is 437 cm³/mol. The Morgan fingerprint density at radius 3 is 2.04 bits per heavy atom. The molecule has 0 radical (unpaired) electrons. The monoisotopic (exact) mass is 1610 g/mol. The summed E-state index contributed by atoms with van der Waals surface area (Å²) in [5.74, 6) is -6.22. The van der Waals surface area contributed by atoms with Crippen LogP contribution in [0.15, 0.2) is 77.8 Å². The molecule has 3 N–H and O–H groups in total. The molecule has 113 heavy (non-hydrogen) atoms. The molecule has 12 atom stereocenters. The van der Waals surface area contributed by atoms with E-state index in [4.69, 9.17) is 28.8 Å². The number of benzene rings is 3. The van der Waals surface area contributed by atoms with Crippen LogP contribution in [0, 0.1) is 47.3 Å². The second-order valence-electron chi connectivity index (χ2n) is 32.3. The number of aliphatic hydroxyl groups excluding tert-OH is 1. The van der Waals surface area contributed by atoms with Crippen molar-refractivity contribution < 1.29 is 86.4 Å².